The number of esters is 1. The monoisotopic (exact) mass is 458 g/mol. The molecule has 0 aromatic heterocycles. The summed E-state index contributed by atoms with van der Waals surface area (Å²) < 4.78 is 12.1. The summed E-state index contributed by atoms with van der Waals surface area (Å²) in [5.41, 5.74) is 0.541. The fraction of sp³-hybridized carbons (Fsp3) is 0.250. The maximum Gasteiger partial charge on any atom is 0.337 e. The lowest BCUT2D eigenvalue weighted by atomic mass is 10.2. The minimum Gasteiger partial charge on any atom is -0.487 e. The van der Waals surface area contributed by atoms with Crippen LogP contribution in [0.5, 0.6) is 5.75 Å². The zero-order chi connectivity index (χ0) is 12.8. The zero-order valence-electron chi connectivity index (χ0n) is 9.50. The third kappa shape index (κ3) is 4.13. The average Bonchev–Trinajstić information content (AvgIpc) is 2.31. The highest BCUT2D eigenvalue weighted by Crippen LogP contribution is 2.29. The second-order valence-electron chi connectivity index (χ2n) is 3.14. The molecule has 1 aromatic rings. The normalized spacial score (nSPS) is 10.6. The van der Waals surface area contributed by atoms with Crippen molar-refractivity contribution in [1.82, 2.24) is 0 Å². The van der Waals surface area contributed by atoms with Gasteiger partial charge in [0.25, 0.3) is 0 Å². The summed E-state index contributed by atoms with van der Waals surface area (Å²) in [4.78, 5) is 11.4. The van der Waals surface area contributed by atoms with Gasteiger partial charge in [-0.3, -0.25) is 0 Å². The molecule has 0 fully saturated rings. The molecule has 0 atom stereocenters. The van der Waals surface area contributed by atoms with E-state index in [1.807, 2.05) is 19.1 Å². The lowest BCUT2D eigenvalue weighted by Gasteiger charge is -2.10. The Morgan fingerprint density at radius 2 is 1.94 bits per heavy atom. The molecule has 1 aromatic carbocycles. The Balaban J connectivity index is 2.98. The van der Waals surface area contributed by atoms with Gasteiger partial charge in [-0.05, 0) is 64.2 Å². The van der Waals surface area contributed by atoms with Crippen LogP contribution in [0.3, 0.4) is 0 Å². The Hall–Kier alpha value is -0.310. The lowest BCUT2D eigenvalue weighted by molar-refractivity contribution is 0.0600. The predicted octanol–water partition coefficient (Wildman–Crippen LogP) is 3.64. The first kappa shape index (κ1) is 14.7. The highest BCUT2D eigenvalue weighted by molar-refractivity contribution is 14.1. The van der Waals surface area contributed by atoms with E-state index in [2.05, 4.69) is 49.9 Å². The van der Waals surface area contributed by atoms with Gasteiger partial charge >= 0.3 is 5.97 Å². The van der Waals surface area contributed by atoms with E-state index in [-0.39, 0.29) is 5.97 Å². The van der Waals surface area contributed by atoms with Crippen LogP contribution < -0.4 is 4.74 Å². The van der Waals surface area contributed by atoms with Crippen LogP contribution in [0.4, 0.5) is 0 Å². The van der Waals surface area contributed by atoms with E-state index in [1.54, 1.807) is 12.1 Å². The fourth-order valence-electron chi connectivity index (χ4n) is 1.16. The van der Waals surface area contributed by atoms with Crippen molar-refractivity contribution >= 4 is 51.2 Å². The molecule has 0 bridgehead atoms. The number of methoxy groups -OCH3 is 1. The number of carbonyl (C=O) groups excluding carboxylic acids is 1. The smallest absolute Gasteiger partial charge is 0.337 e. The van der Waals surface area contributed by atoms with Crippen LogP contribution in [0.15, 0.2) is 24.3 Å². The number of rotatable bonds is 4. The predicted molar refractivity (Wildman–Crippen MR) is 83.5 cm³/mol. The summed E-state index contributed by atoms with van der Waals surface area (Å²) >= 11 is 4.30. The summed E-state index contributed by atoms with van der Waals surface area (Å²) in [6.45, 7) is 2.47. The molecule has 5 heteroatoms. The first-order chi connectivity index (χ1) is 8.10. The third-order valence-corrected chi connectivity index (χ3v) is 3.58. The number of ether oxygens (including phenoxy) is 2. The van der Waals surface area contributed by atoms with E-state index in [0.29, 0.717) is 12.2 Å². The number of hydrogen-bond donors (Lipinski definition) is 0. The second-order valence-corrected chi connectivity index (χ2v) is 5.47. The van der Waals surface area contributed by atoms with Crippen molar-refractivity contribution in [3.8, 4) is 5.75 Å². The highest BCUT2D eigenvalue weighted by Gasteiger charge is 2.13. The van der Waals surface area contributed by atoms with Crippen molar-refractivity contribution in [2.24, 2.45) is 0 Å². The number of hydrogen-bond acceptors (Lipinski definition) is 3. The molecule has 0 aliphatic carbocycles. The van der Waals surface area contributed by atoms with E-state index in [4.69, 9.17) is 4.74 Å². The Morgan fingerprint density at radius 1 is 1.35 bits per heavy atom. The van der Waals surface area contributed by atoms with Crippen LogP contribution in [0, 0.1) is 7.14 Å². The second kappa shape index (κ2) is 7.20. The number of carbonyl (C=O) groups is 1. The quantitative estimate of drug-likeness (QED) is 0.393. The molecule has 92 valence electrons. The van der Waals surface area contributed by atoms with Gasteiger partial charge in [0.15, 0.2) is 0 Å². The Bertz CT molecular complexity index is 418. The average molecular weight is 458 g/mol. The van der Waals surface area contributed by atoms with Gasteiger partial charge in [-0.1, -0.05) is 12.2 Å². The van der Waals surface area contributed by atoms with Crippen LogP contribution in [-0.4, -0.2) is 19.7 Å². The molecule has 0 amide bonds. The standard InChI is InChI=1S/C12H12I2O3/c1-3-4-5-17-11-9(13)6-8(7-10(11)14)12(15)16-2/h3-4,6-7H,5H2,1-2H3/b4-3-. The summed E-state index contributed by atoms with van der Waals surface area (Å²) in [6.07, 6.45) is 3.86. The van der Waals surface area contributed by atoms with Crippen molar-refractivity contribution in [3.63, 3.8) is 0 Å². The Morgan fingerprint density at radius 3 is 2.41 bits per heavy atom. The molecule has 0 aliphatic rings. The molecule has 1 rings (SSSR count). The summed E-state index contributed by atoms with van der Waals surface area (Å²) in [6, 6.07) is 3.53. The van der Waals surface area contributed by atoms with Gasteiger partial charge in [-0.25, -0.2) is 4.79 Å². The largest absolute Gasteiger partial charge is 0.487 e. The maximum atomic E-state index is 11.4. The van der Waals surface area contributed by atoms with Crippen LogP contribution in [0.2, 0.25) is 0 Å². The van der Waals surface area contributed by atoms with Crippen LogP contribution in [-0.2, 0) is 4.74 Å². The fourth-order valence-corrected chi connectivity index (χ4v) is 3.24. The molecule has 0 N–H and O–H groups in total. The van der Waals surface area contributed by atoms with Gasteiger partial charge in [0.2, 0.25) is 0 Å². The molecule has 0 unspecified atom stereocenters. The van der Waals surface area contributed by atoms with Crippen molar-refractivity contribution in [1.29, 1.82) is 0 Å². The third-order valence-electron chi connectivity index (χ3n) is 1.98. The highest BCUT2D eigenvalue weighted by atomic mass is 127. The minimum atomic E-state index is -0.333. The molecular formula is C12H12I2O3. The van der Waals surface area contributed by atoms with Crippen molar-refractivity contribution in [2.75, 3.05) is 13.7 Å². The first-order valence-electron chi connectivity index (χ1n) is 4.91. The number of benzene rings is 1. The summed E-state index contributed by atoms with van der Waals surface area (Å²) in [7, 11) is 1.37. The minimum absolute atomic E-state index is 0.333. The van der Waals surface area contributed by atoms with E-state index in [0.717, 1.165) is 12.9 Å². The van der Waals surface area contributed by atoms with Crippen molar-refractivity contribution in [3.05, 3.63) is 37.0 Å². The molecular weight excluding hydrogens is 446 g/mol. The van der Waals surface area contributed by atoms with E-state index in [1.165, 1.54) is 7.11 Å². The molecule has 0 saturated heterocycles. The van der Waals surface area contributed by atoms with Crippen LogP contribution in [0.25, 0.3) is 0 Å². The molecule has 17 heavy (non-hydrogen) atoms. The first-order valence-corrected chi connectivity index (χ1v) is 7.07. The lowest BCUT2D eigenvalue weighted by Crippen LogP contribution is -2.04. The Kier molecular flexibility index (Phi) is 6.24. The SMILES string of the molecule is C/C=C\COc1c(I)cc(C(=O)OC)cc1I. The molecule has 0 radical (unpaired) electrons. The Labute approximate surface area is 128 Å². The van der Waals surface area contributed by atoms with Crippen molar-refractivity contribution in [2.45, 2.75) is 6.92 Å². The van der Waals surface area contributed by atoms with Gasteiger partial charge in [0.1, 0.15) is 12.4 Å². The topological polar surface area (TPSA) is 35.5 Å². The van der Waals surface area contributed by atoms with Gasteiger partial charge in [0, 0.05) is 0 Å². The zero-order valence-corrected chi connectivity index (χ0v) is 13.8. The molecule has 3 nitrogen and oxygen atoms in total. The van der Waals surface area contributed by atoms with Gasteiger partial charge < -0.3 is 9.47 Å². The van der Waals surface area contributed by atoms with E-state index in [9.17, 15) is 4.79 Å². The number of allylic oxidation sites excluding steroid dienone is 1. The van der Waals surface area contributed by atoms with Crippen LogP contribution in [0.1, 0.15) is 17.3 Å². The van der Waals surface area contributed by atoms with Gasteiger partial charge in [-0.2, -0.15) is 0 Å². The molecule has 0 spiro atoms. The van der Waals surface area contributed by atoms with Gasteiger partial charge in [-0.15, -0.1) is 0 Å². The summed E-state index contributed by atoms with van der Waals surface area (Å²) in [5, 5.41) is 0. The van der Waals surface area contributed by atoms with Crippen molar-refractivity contribution < 1.29 is 14.3 Å². The number of halogens is 2. The van der Waals surface area contributed by atoms with Crippen LogP contribution >= 0.6 is 45.2 Å². The summed E-state index contributed by atoms with van der Waals surface area (Å²) in [5.74, 6) is 0.470. The van der Waals surface area contributed by atoms with Gasteiger partial charge in [0.05, 0.1) is 19.8 Å². The van der Waals surface area contributed by atoms with E-state index >= 15 is 0 Å². The van der Waals surface area contributed by atoms with E-state index < -0.39 is 0 Å². The molecule has 0 saturated carbocycles. The molecule has 0 aliphatic heterocycles. The molecule has 0 heterocycles. The maximum absolute atomic E-state index is 11.4.